The number of piperidine rings is 1. The highest BCUT2D eigenvalue weighted by Crippen LogP contribution is 2.33. The average molecular weight is 333 g/mol. The van der Waals surface area contributed by atoms with Crippen LogP contribution in [0.1, 0.15) is 32.2 Å². The van der Waals surface area contributed by atoms with Gasteiger partial charge in [0.15, 0.2) is 10.8 Å². The second-order valence-corrected chi connectivity index (χ2v) is 7.42. The molecule has 1 saturated heterocycles. The molecule has 8 heteroatoms. The number of likely N-dealkylation sites (tertiary alicyclic amines) is 1. The number of carbonyl (C=O) groups excluding carboxylic acids is 1. The standard InChI is InChI=1S/C15H19N5O2S/c1-9-2-4-19(5-3-9)12(21)6-10-8-23-15-17-13-11(7-16-18-13)14(22)20(10)15/h7,9-10H,2-6,8H2,1H3,(H,16,18). The fourth-order valence-electron chi connectivity index (χ4n) is 3.30. The Labute approximate surface area is 137 Å². The molecule has 2 aromatic heterocycles. The smallest absolute Gasteiger partial charge is 0.265 e. The molecule has 1 unspecified atom stereocenters. The Morgan fingerprint density at radius 1 is 1.43 bits per heavy atom. The molecule has 4 rings (SSSR count). The number of nitrogens with zero attached hydrogens (tertiary/aromatic N) is 4. The maximum Gasteiger partial charge on any atom is 0.265 e. The monoisotopic (exact) mass is 333 g/mol. The van der Waals surface area contributed by atoms with Gasteiger partial charge in [0.05, 0.1) is 12.2 Å². The molecule has 2 aliphatic heterocycles. The van der Waals surface area contributed by atoms with Crippen LogP contribution >= 0.6 is 11.8 Å². The highest BCUT2D eigenvalue weighted by molar-refractivity contribution is 7.99. The number of aromatic amines is 1. The van der Waals surface area contributed by atoms with Gasteiger partial charge in [0.1, 0.15) is 5.39 Å². The van der Waals surface area contributed by atoms with Crippen molar-refractivity contribution in [2.24, 2.45) is 5.92 Å². The highest BCUT2D eigenvalue weighted by atomic mass is 32.2. The van der Waals surface area contributed by atoms with Gasteiger partial charge in [0.2, 0.25) is 5.91 Å². The largest absolute Gasteiger partial charge is 0.343 e. The van der Waals surface area contributed by atoms with E-state index in [0.29, 0.717) is 28.5 Å². The number of hydrogen-bond acceptors (Lipinski definition) is 5. The van der Waals surface area contributed by atoms with Crippen LogP contribution in [0.15, 0.2) is 16.1 Å². The third kappa shape index (κ3) is 2.54. The molecule has 7 nitrogen and oxygen atoms in total. The summed E-state index contributed by atoms with van der Waals surface area (Å²) in [4.78, 5) is 31.6. The molecule has 0 aromatic carbocycles. The molecule has 122 valence electrons. The minimum absolute atomic E-state index is 0.103. The quantitative estimate of drug-likeness (QED) is 0.840. The summed E-state index contributed by atoms with van der Waals surface area (Å²) in [7, 11) is 0. The summed E-state index contributed by atoms with van der Waals surface area (Å²) < 4.78 is 1.67. The molecule has 1 fully saturated rings. The predicted octanol–water partition coefficient (Wildman–Crippen LogP) is 1.41. The van der Waals surface area contributed by atoms with Crippen LogP contribution in [0.4, 0.5) is 0 Å². The zero-order valence-electron chi connectivity index (χ0n) is 13.0. The maximum absolute atomic E-state index is 12.6. The summed E-state index contributed by atoms with van der Waals surface area (Å²) in [5.41, 5.74) is 0.416. The van der Waals surface area contributed by atoms with Crippen LogP contribution in [-0.2, 0) is 4.79 Å². The van der Waals surface area contributed by atoms with Crippen molar-refractivity contribution in [2.75, 3.05) is 18.8 Å². The first-order valence-electron chi connectivity index (χ1n) is 7.99. The van der Waals surface area contributed by atoms with Crippen molar-refractivity contribution in [3.63, 3.8) is 0 Å². The molecule has 4 heterocycles. The fourth-order valence-corrected chi connectivity index (χ4v) is 4.43. The van der Waals surface area contributed by atoms with E-state index in [0.717, 1.165) is 31.7 Å². The van der Waals surface area contributed by atoms with E-state index in [1.807, 2.05) is 4.90 Å². The van der Waals surface area contributed by atoms with E-state index in [2.05, 4.69) is 22.1 Å². The Kier molecular flexibility index (Phi) is 3.63. The van der Waals surface area contributed by atoms with E-state index in [1.165, 1.54) is 18.0 Å². The minimum Gasteiger partial charge on any atom is -0.343 e. The topological polar surface area (TPSA) is 83.9 Å². The number of hydrogen-bond donors (Lipinski definition) is 1. The van der Waals surface area contributed by atoms with Gasteiger partial charge in [-0.05, 0) is 18.8 Å². The summed E-state index contributed by atoms with van der Waals surface area (Å²) in [6.45, 7) is 3.90. The lowest BCUT2D eigenvalue weighted by molar-refractivity contribution is -0.133. The molecule has 0 radical (unpaired) electrons. The van der Waals surface area contributed by atoms with Crippen molar-refractivity contribution < 1.29 is 4.79 Å². The van der Waals surface area contributed by atoms with Crippen molar-refractivity contribution in [1.82, 2.24) is 24.6 Å². The fraction of sp³-hybridized carbons (Fsp3) is 0.600. The molecule has 0 saturated carbocycles. The lowest BCUT2D eigenvalue weighted by atomic mass is 9.99. The zero-order chi connectivity index (χ0) is 16.0. The lowest BCUT2D eigenvalue weighted by Gasteiger charge is -2.31. The summed E-state index contributed by atoms with van der Waals surface area (Å²) in [6, 6.07) is -0.110. The first-order valence-corrected chi connectivity index (χ1v) is 8.98. The van der Waals surface area contributed by atoms with Crippen molar-refractivity contribution in [3.8, 4) is 0 Å². The van der Waals surface area contributed by atoms with Gasteiger partial charge >= 0.3 is 0 Å². The van der Waals surface area contributed by atoms with Crippen molar-refractivity contribution in [1.29, 1.82) is 0 Å². The average Bonchev–Trinajstić information content (AvgIpc) is 3.16. The van der Waals surface area contributed by atoms with Gasteiger partial charge in [-0.1, -0.05) is 18.7 Å². The molecule has 2 aliphatic rings. The van der Waals surface area contributed by atoms with Gasteiger partial charge < -0.3 is 4.90 Å². The molecule has 1 atom stereocenters. The summed E-state index contributed by atoms with van der Waals surface area (Å²) in [6.07, 6.45) is 4.02. The summed E-state index contributed by atoms with van der Waals surface area (Å²) in [5, 5.41) is 7.79. The van der Waals surface area contributed by atoms with Crippen molar-refractivity contribution in [2.45, 2.75) is 37.4 Å². The number of rotatable bonds is 2. The molecule has 1 N–H and O–H groups in total. The van der Waals surface area contributed by atoms with Gasteiger partial charge in [-0.25, -0.2) is 4.98 Å². The van der Waals surface area contributed by atoms with Gasteiger partial charge in [0.25, 0.3) is 5.56 Å². The Hall–Kier alpha value is -1.83. The molecule has 0 aliphatic carbocycles. The van der Waals surface area contributed by atoms with E-state index in [4.69, 9.17) is 0 Å². The first kappa shape index (κ1) is 14.7. The van der Waals surface area contributed by atoms with E-state index in [-0.39, 0.29) is 17.5 Å². The van der Waals surface area contributed by atoms with Gasteiger partial charge in [0, 0.05) is 25.3 Å². The first-order chi connectivity index (χ1) is 11.1. The lowest BCUT2D eigenvalue weighted by Crippen LogP contribution is -2.39. The molecule has 0 bridgehead atoms. The van der Waals surface area contributed by atoms with Crippen LogP contribution in [0.3, 0.4) is 0 Å². The Morgan fingerprint density at radius 2 is 2.22 bits per heavy atom. The SMILES string of the molecule is CC1CCN(C(=O)CC2CSc3nc4[nH]ncc4c(=O)n32)CC1. The molecule has 23 heavy (non-hydrogen) atoms. The molecular weight excluding hydrogens is 314 g/mol. The zero-order valence-corrected chi connectivity index (χ0v) is 13.8. The Morgan fingerprint density at radius 3 is 3.00 bits per heavy atom. The van der Waals surface area contributed by atoms with Gasteiger partial charge in [-0.15, -0.1) is 0 Å². The van der Waals surface area contributed by atoms with Gasteiger partial charge in [-0.2, -0.15) is 5.10 Å². The number of thioether (sulfide) groups is 1. The molecule has 2 aromatic rings. The van der Waals surface area contributed by atoms with Crippen LogP contribution in [0, 0.1) is 5.92 Å². The predicted molar refractivity (Wildman–Crippen MR) is 87.5 cm³/mol. The van der Waals surface area contributed by atoms with E-state index in [1.54, 1.807) is 4.57 Å². The number of fused-ring (bicyclic) bond motifs is 2. The van der Waals surface area contributed by atoms with Crippen LogP contribution in [0.25, 0.3) is 11.0 Å². The van der Waals surface area contributed by atoms with E-state index in [9.17, 15) is 9.59 Å². The van der Waals surface area contributed by atoms with Crippen LogP contribution in [-0.4, -0.2) is 49.4 Å². The summed E-state index contributed by atoms with van der Waals surface area (Å²) >= 11 is 1.53. The van der Waals surface area contributed by atoms with Crippen LogP contribution in [0.5, 0.6) is 0 Å². The maximum atomic E-state index is 12.6. The molecule has 1 amide bonds. The van der Waals surface area contributed by atoms with Gasteiger partial charge in [-0.3, -0.25) is 19.3 Å². The highest BCUT2D eigenvalue weighted by Gasteiger charge is 2.31. The Bertz CT molecular complexity index is 806. The molecular formula is C15H19N5O2S. The summed E-state index contributed by atoms with van der Waals surface area (Å²) in [5.74, 6) is 1.57. The Balaban J connectivity index is 1.56. The number of H-pyrrole nitrogens is 1. The number of amides is 1. The normalized spacial score (nSPS) is 21.8. The number of carbonyl (C=O) groups is 1. The van der Waals surface area contributed by atoms with Crippen LogP contribution < -0.4 is 5.56 Å². The van der Waals surface area contributed by atoms with Crippen molar-refractivity contribution >= 4 is 28.7 Å². The van der Waals surface area contributed by atoms with E-state index >= 15 is 0 Å². The van der Waals surface area contributed by atoms with Crippen molar-refractivity contribution in [3.05, 3.63) is 16.6 Å². The number of aromatic nitrogens is 4. The second-order valence-electron chi connectivity index (χ2n) is 6.43. The second kappa shape index (κ2) is 5.67. The third-order valence-electron chi connectivity index (χ3n) is 4.80. The third-order valence-corrected chi connectivity index (χ3v) is 5.90. The van der Waals surface area contributed by atoms with Crippen LogP contribution in [0.2, 0.25) is 0 Å². The molecule has 0 spiro atoms. The van der Waals surface area contributed by atoms with E-state index < -0.39 is 0 Å². The minimum atomic E-state index is -0.110. The number of nitrogens with one attached hydrogen (secondary N) is 1.